The van der Waals surface area contributed by atoms with Gasteiger partial charge in [-0.3, -0.25) is 4.90 Å². The fourth-order valence-electron chi connectivity index (χ4n) is 2.54. The van der Waals surface area contributed by atoms with Gasteiger partial charge >= 0.3 is 0 Å². The van der Waals surface area contributed by atoms with E-state index in [1.54, 1.807) is 26.4 Å². The molecule has 21 heavy (non-hydrogen) atoms. The second-order valence-electron chi connectivity index (χ2n) is 5.20. The molecule has 120 valence electrons. The summed E-state index contributed by atoms with van der Waals surface area (Å²) >= 11 is 0. The molecule has 0 bridgehead atoms. The molecule has 5 heteroatoms. The third-order valence-corrected chi connectivity index (χ3v) is 3.49. The molecule has 2 unspecified atom stereocenters. The lowest BCUT2D eigenvalue weighted by Crippen LogP contribution is -2.42. The maximum Gasteiger partial charge on any atom is 0.128 e. The fraction of sp³-hybridized carbons (Fsp3) is 0.625. The summed E-state index contributed by atoms with van der Waals surface area (Å²) in [4.78, 5) is 2.17. The Kier molecular flexibility index (Phi) is 8.45. The molecule has 0 aliphatic rings. The molecule has 1 aromatic carbocycles. The molecular formula is C16H27FN2O2. The van der Waals surface area contributed by atoms with Crippen LogP contribution in [0.15, 0.2) is 24.3 Å². The molecule has 0 radical (unpaired) electrons. The molecule has 0 aliphatic heterocycles. The van der Waals surface area contributed by atoms with Gasteiger partial charge in [-0.2, -0.15) is 0 Å². The van der Waals surface area contributed by atoms with Crippen LogP contribution in [0.25, 0.3) is 0 Å². The normalized spacial score (nSPS) is 14.4. The van der Waals surface area contributed by atoms with Crippen molar-refractivity contribution in [3.63, 3.8) is 0 Å². The third kappa shape index (κ3) is 5.71. The van der Waals surface area contributed by atoms with Gasteiger partial charge in [0.2, 0.25) is 0 Å². The van der Waals surface area contributed by atoms with Gasteiger partial charge in [0, 0.05) is 45.5 Å². The van der Waals surface area contributed by atoms with Gasteiger partial charge in [0.1, 0.15) is 5.82 Å². The molecule has 4 nitrogen and oxygen atoms in total. The molecular weight excluding hydrogens is 271 g/mol. The number of hydrogen-bond acceptors (Lipinski definition) is 4. The van der Waals surface area contributed by atoms with Crippen molar-refractivity contribution in [1.82, 2.24) is 4.90 Å². The number of benzene rings is 1. The molecule has 0 saturated carbocycles. The van der Waals surface area contributed by atoms with Crippen molar-refractivity contribution in [3.8, 4) is 0 Å². The summed E-state index contributed by atoms with van der Waals surface area (Å²) in [6.45, 7) is 4.67. The zero-order chi connectivity index (χ0) is 15.7. The summed E-state index contributed by atoms with van der Waals surface area (Å²) in [5, 5.41) is 0. The molecule has 1 aromatic rings. The van der Waals surface area contributed by atoms with Crippen LogP contribution in [0.5, 0.6) is 0 Å². The Morgan fingerprint density at radius 3 is 2.38 bits per heavy atom. The van der Waals surface area contributed by atoms with E-state index in [1.807, 2.05) is 13.0 Å². The number of rotatable bonds is 10. The first kappa shape index (κ1) is 18.0. The van der Waals surface area contributed by atoms with E-state index in [1.165, 1.54) is 6.07 Å². The average molecular weight is 298 g/mol. The van der Waals surface area contributed by atoms with E-state index in [0.29, 0.717) is 25.3 Å². The minimum absolute atomic E-state index is 0.168. The second kappa shape index (κ2) is 9.84. The Balaban J connectivity index is 2.93. The minimum atomic E-state index is -0.214. The number of ether oxygens (including phenoxy) is 2. The lowest BCUT2D eigenvalue weighted by Gasteiger charge is -2.34. The van der Waals surface area contributed by atoms with Crippen molar-refractivity contribution < 1.29 is 13.9 Å². The van der Waals surface area contributed by atoms with Crippen molar-refractivity contribution in [2.24, 2.45) is 5.73 Å². The molecule has 0 spiro atoms. The predicted molar refractivity (Wildman–Crippen MR) is 82.7 cm³/mol. The lowest BCUT2D eigenvalue weighted by molar-refractivity contribution is 0.0967. The van der Waals surface area contributed by atoms with Gasteiger partial charge in [-0.25, -0.2) is 4.39 Å². The highest BCUT2D eigenvalue weighted by molar-refractivity contribution is 5.22. The predicted octanol–water partition coefficient (Wildman–Crippen LogP) is 2.20. The first-order valence-electron chi connectivity index (χ1n) is 7.33. The maximum atomic E-state index is 14.1. The van der Waals surface area contributed by atoms with Crippen LogP contribution in [0.4, 0.5) is 4.39 Å². The van der Waals surface area contributed by atoms with Gasteiger partial charge in [0.15, 0.2) is 0 Å². The summed E-state index contributed by atoms with van der Waals surface area (Å²) in [6, 6.07) is 6.48. The first-order valence-corrected chi connectivity index (χ1v) is 7.33. The first-order chi connectivity index (χ1) is 10.1. The largest absolute Gasteiger partial charge is 0.385 e. The molecule has 0 heterocycles. The summed E-state index contributed by atoms with van der Waals surface area (Å²) in [5.74, 6) is -0.214. The van der Waals surface area contributed by atoms with E-state index in [0.717, 1.165) is 13.0 Å². The summed E-state index contributed by atoms with van der Waals surface area (Å²) in [6.07, 6.45) is 0.873. The Labute approximate surface area is 127 Å². The number of halogens is 1. The summed E-state index contributed by atoms with van der Waals surface area (Å²) < 4.78 is 24.4. The summed E-state index contributed by atoms with van der Waals surface area (Å²) in [5.41, 5.74) is 6.77. The molecule has 1 rings (SSSR count). The smallest absolute Gasteiger partial charge is 0.128 e. The van der Waals surface area contributed by atoms with E-state index < -0.39 is 0 Å². The van der Waals surface area contributed by atoms with Crippen LogP contribution in [-0.4, -0.2) is 51.5 Å². The van der Waals surface area contributed by atoms with Crippen LogP contribution in [0.1, 0.15) is 24.9 Å². The molecule has 0 amide bonds. The molecule has 0 aromatic heterocycles. The van der Waals surface area contributed by atoms with Gasteiger partial charge in [-0.05, 0) is 19.4 Å². The van der Waals surface area contributed by atoms with Crippen LogP contribution in [0.2, 0.25) is 0 Å². The van der Waals surface area contributed by atoms with Crippen LogP contribution in [0, 0.1) is 5.82 Å². The van der Waals surface area contributed by atoms with Crippen molar-refractivity contribution >= 4 is 0 Å². The average Bonchev–Trinajstić information content (AvgIpc) is 2.46. The molecule has 0 aliphatic carbocycles. The van der Waals surface area contributed by atoms with E-state index in [2.05, 4.69) is 4.90 Å². The van der Waals surface area contributed by atoms with Gasteiger partial charge in [0.05, 0.1) is 12.6 Å². The second-order valence-corrected chi connectivity index (χ2v) is 5.20. The number of methoxy groups -OCH3 is 2. The summed E-state index contributed by atoms with van der Waals surface area (Å²) in [7, 11) is 3.34. The topological polar surface area (TPSA) is 47.7 Å². The molecule has 2 N–H and O–H groups in total. The number of nitrogens with zero attached hydrogens (tertiary/aromatic N) is 1. The van der Waals surface area contributed by atoms with Crippen LogP contribution < -0.4 is 5.73 Å². The monoisotopic (exact) mass is 298 g/mol. The van der Waals surface area contributed by atoms with E-state index in [4.69, 9.17) is 15.2 Å². The lowest BCUT2D eigenvalue weighted by atomic mass is 9.98. The Morgan fingerprint density at radius 2 is 1.81 bits per heavy atom. The zero-order valence-electron chi connectivity index (χ0n) is 13.2. The van der Waals surface area contributed by atoms with Crippen molar-refractivity contribution in [1.29, 1.82) is 0 Å². The SMILES string of the molecule is COCCCN(CCOC)C(c1ccccc1F)C(C)N. The van der Waals surface area contributed by atoms with E-state index in [-0.39, 0.29) is 17.9 Å². The standard InChI is InChI=1S/C16H27FN2O2/c1-13(18)16(14-7-4-5-8-15(14)17)19(10-12-21-3)9-6-11-20-2/h4-5,7-8,13,16H,6,9-12,18H2,1-3H3. The van der Waals surface area contributed by atoms with Gasteiger partial charge in [-0.15, -0.1) is 0 Å². The Bertz CT molecular complexity index is 402. The Morgan fingerprint density at radius 1 is 1.14 bits per heavy atom. The molecule has 2 atom stereocenters. The van der Waals surface area contributed by atoms with Gasteiger partial charge in [-0.1, -0.05) is 18.2 Å². The maximum absolute atomic E-state index is 14.1. The number of nitrogens with two attached hydrogens (primary N) is 1. The van der Waals surface area contributed by atoms with Gasteiger partial charge in [0.25, 0.3) is 0 Å². The molecule has 0 saturated heterocycles. The fourth-order valence-corrected chi connectivity index (χ4v) is 2.54. The van der Waals surface area contributed by atoms with Crippen molar-refractivity contribution in [2.45, 2.75) is 25.4 Å². The van der Waals surface area contributed by atoms with Crippen LogP contribution in [0.3, 0.4) is 0 Å². The zero-order valence-corrected chi connectivity index (χ0v) is 13.2. The highest BCUT2D eigenvalue weighted by atomic mass is 19.1. The van der Waals surface area contributed by atoms with Crippen LogP contribution in [-0.2, 0) is 9.47 Å². The number of hydrogen-bond donors (Lipinski definition) is 1. The van der Waals surface area contributed by atoms with E-state index >= 15 is 0 Å². The van der Waals surface area contributed by atoms with Gasteiger partial charge < -0.3 is 15.2 Å². The third-order valence-electron chi connectivity index (χ3n) is 3.49. The van der Waals surface area contributed by atoms with Crippen LogP contribution >= 0.6 is 0 Å². The highest BCUT2D eigenvalue weighted by Gasteiger charge is 2.26. The van der Waals surface area contributed by atoms with Crippen molar-refractivity contribution in [2.75, 3.05) is 40.5 Å². The minimum Gasteiger partial charge on any atom is -0.385 e. The quantitative estimate of drug-likeness (QED) is 0.673. The van der Waals surface area contributed by atoms with Crippen molar-refractivity contribution in [3.05, 3.63) is 35.6 Å². The highest BCUT2D eigenvalue weighted by Crippen LogP contribution is 2.26. The molecule has 0 fully saturated rings. The Hall–Kier alpha value is -1.01. The van der Waals surface area contributed by atoms with E-state index in [9.17, 15) is 4.39 Å².